The first-order chi connectivity index (χ1) is 15.3. The molecule has 2 saturated heterocycles. The summed E-state index contributed by atoms with van der Waals surface area (Å²) in [4.78, 5) is 17.9. The van der Waals surface area contributed by atoms with Crippen LogP contribution < -0.4 is 15.1 Å². The Kier molecular flexibility index (Phi) is 7.59. The zero-order valence-corrected chi connectivity index (χ0v) is 17.9. The van der Waals surface area contributed by atoms with Crippen LogP contribution in [0, 0.1) is 6.92 Å². The fourth-order valence-electron chi connectivity index (χ4n) is 3.36. The molecule has 0 saturated carbocycles. The minimum absolute atomic E-state index is 0.307. The Hall–Kier alpha value is -2.82. The van der Waals surface area contributed by atoms with Gasteiger partial charge in [0.1, 0.15) is 6.61 Å². The predicted octanol–water partition coefficient (Wildman–Crippen LogP) is 1.17. The molecule has 166 valence electrons. The molecule has 0 bridgehead atoms. The van der Waals surface area contributed by atoms with Crippen LogP contribution in [-0.2, 0) is 9.47 Å². The normalized spacial score (nSPS) is 17.8. The van der Waals surface area contributed by atoms with E-state index in [1.54, 1.807) is 6.21 Å². The van der Waals surface area contributed by atoms with Gasteiger partial charge in [0.15, 0.2) is 5.82 Å². The summed E-state index contributed by atoms with van der Waals surface area (Å²) in [7, 11) is 0. The van der Waals surface area contributed by atoms with Gasteiger partial charge in [0.25, 0.3) is 0 Å². The number of nitrogens with one attached hydrogen (secondary N) is 1. The standard InChI is InChI=1S/C21H29N7O3/c1-17-3-2-4-18(15-17)26-22-16-19-23-20(28-8-12-30-13-9-28)25-21(24-19)31-14-7-27-5-10-29-11-6-27/h2-4,15-16,26H,5-14H2,1H3/b22-16+. The highest BCUT2D eigenvalue weighted by molar-refractivity contribution is 5.75. The largest absolute Gasteiger partial charge is 0.462 e. The number of aromatic nitrogens is 3. The lowest BCUT2D eigenvalue weighted by molar-refractivity contribution is 0.0317. The Balaban J connectivity index is 1.43. The first-order valence-corrected chi connectivity index (χ1v) is 10.6. The molecule has 0 radical (unpaired) electrons. The van der Waals surface area contributed by atoms with E-state index in [4.69, 9.17) is 14.2 Å². The number of ether oxygens (including phenoxy) is 3. The molecule has 2 aromatic rings. The number of hydrazone groups is 1. The van der Waals surface area contributed by atoms with Crippen LogP contribution in [0.4, 0.5) is 11.6 Å². The Bertz CT molecular complexity index is 868. The maximum atomic E-state index is 5.88. The van der Waals surface area contributed by atoms with E-state index in [2.05, 4.69) is 35.3 Å². The second kappa shape index (κ2) is 11.0. The van der Waals surface area contributed by atoms with Crippen molar-refractivity contribution in [1.82, 2.24) is 19.9 Å². The zero-order chi connectivity index (χ0) is 21.3. The van der Waals surface area contributed by atoms with Gasteiger partial charge in [-0.05, 0) is 24.6 Å². The topological polar surface area (TPSA) is 97.2 Å². The summed E-state index contributed by atoms with van der Waals surface area (Å²) in [6.45, 7) is 9.48. The zero-order valence-electron chi connectivity index (χ0n) is 17.9. The Morgan fingerprint density at radius 3 is 2.61 bits per heavy atom. The molecule has 2 aliphatic heterocycles. The van der Waals surface area contributed by atoms with Gasteiger partial charge >= 0.3 is 6.01 Å². The van der Waals surface area contributed by atoms with E-state index in [9.17, 15) is 0 Å². The molecule has 1 aromatic carbocycles. The van der Waals surface area contributed by atoms with Crippen molar-refractivity contribution < 1.29 is 14.2 Å². The lowest BCUT2D eigenvalue weighted by atomic mass is 10.2. The van der Waals surface area contributed by atoms with Crippen LogP contribution in [-0.4, -0.2) is 91.8 Å². The smallest absolute Gasteiger partial charge is 0.321 e. The van der Waals surface area contributed by atoms with Crippen LogP contribution in [0.5, 0.6) is 6.01 Å². The molecule has 0 unspecified atom stereocenters. The van der Waals surface area contributed by atoms with E-state index in [0.717, 1.165) is 57.2 Å². The van der Waals surface area contributed by atoms with Crippen LogP contribution in [0.25, 0.3) is 0 Å². The van der Waals surface area contributed by atoms with Crippen molar-refractivity contribution in [3.8, 4) is 6.01 Å². The van der Waals surface area contributed by atoms with Crippen LogP contribution in [0.15, 0.2) is 29.4 Å². The van der Waals surface area contributed by atoms with Crippen LogP contribution in [0.3, 0.4) is 0 Å². The van der Waals surface area contributed by atoms with Crippen LogP contribution in [0.2, 0.25) is 0 Å². The number of hydrogen-bond acceptors (Lipinski definition) is 10. The maximum absolute atomic E-state index is 5.88. The van der Waals surface area contributed by atoms with Crippen LogP contribution >= 0.6 is 0 Å². The molecule has 1 aromatic heterocycles. The lowest BCUT2D eigenvalue weighted by Gasteiger charge is -2.27. The highest BCUT2D eigenvalue weighted by atomic mass is 16.5. The van der Waals surface area contributed by atoms with Crippen molar-refractivity contribution in [2.45, 2.75) is 6.92 Å². The summed E-state index contributed by atoms with van der Waals surface area (Å²) in [6, 6.07) is 8.30. The molecular formula is C21H29N7O3. The van der Waals surface area contributed by atoms with Gasteiger partial charge in [-0.2, -0.15) is 20.1 Å². The summed E-state index contributed by atoms with van der Waals surface area (Å²) in [5.41, 5.74) is 5.08. The van der Waals surface area contributed by atoms with Crippen molar-refractivity contribution in [2.75, 3.05) is 76.1 Å². The fraction of sp³-hybridized carbons (Fsp3) is 0.524. The summed E-state index contributed by atoms with van der Waals surface area (Å²) in [5.74, 6) is 1.02. The molecule has 2 fully saturated rings. The monoisotopic (exact) mass is 427 g/mol. The molecule has 0 atom stereocenters. The second-order valence-corrected chi connectivity index (χ2v) is 7.42. The molecule has 1 N–H and O–H groups in total. The third-order valence-corrected chi connectivity index (χ3v) is 5.05. The number of nitrogens with zero attached hydrogens (tertiary/aromatic N) is 6. The summed E-state index contributed by atoms with van der Waals surface area (Å²) >= 11 is 0. The molecule has 3 heterocycles. The SMILES string of the molecule is Cc1cccc(N/N=C/c2nc(OCCN3CCOCC3)nc(N3CCOCC3)n2)c1. The molecule has 4 rings (SSSR count). The first-order valence-electron chi connectivity index (χ1n) is 10.6. The second-order valence-electron chi connectivity index (χ2n) is 7.42. The van der Waals surface area contributed by atoms with E-state index in [1.165, 1.54) is 0 Å². The van der Waals surface area contributed by atoms with E-state index < -0.39 is 0 Å². The Labute approximate surface area is 182 Å². The van der Waals surface area contributed by atoms with Gasteiger partial charge in [-0.25, -0.2) is 0 Å². The molecular weight excluding hydrogens is 398 g/mol. The van der Waals surface area contributed by atoms with Gasteiger partial charge in [0.05, 0.1) is 38.3 Å². The number of hydrogen-bond donors (Lipinski definition) is 1. The minimum Gasteiger partial charge on any atom is -0.462 e. The number of anilines is 2. The third-order valence-electron chi connectivity index (χ3n) is 5.05. The maximum Gasteiger partial charge on any atom is 0.321 e. The van der Waals surface area contributed by atoms with Gasteiger partial charge in [-0.3, -0.25) is 10.3 Å². The van der Waals surface area contributed by atoms with Crippen molar-refractivity contribution in [2.24, 2.45) is 5.10 Å². The third kappa shape index (κ3) is 6.58. The molecule has 10 heteroatoms. The summed E-state index contributed by atoms with van der Waals surface area (Å²) < 4.78 is 16.7. The first kappa shape index (κ1) is 21.4. The number of morpholine rings is 2. The van der Waals surface area contributed by atoms with Crippen LogP contribution in [0.1, 0.15) is 11.4 Å². The number of aryl methyl sites for hydroxylation is 1. The van der Waals surface area contributed by atoms with E-state index >= 15 is 0 Å². The van der Waals surface area contributed by atoms with E-state index in [0.29, 0.717) is 37.6 Å². The fourth-order valence-corrected chi connectivity index (χ4v) is 3.36. The van der Waals surface area contributed by atoms with Gasteiger partial charge < -0.3 is 19.1 Å². The molecule has 2 aliphatic rings. The van der Waals surface area contributed by atoms with E-state index in [1.807, 2.05) is 31.2 Å². The summed E-state index contributed by atoms with van der Waals surface area (Å²) in [5, 5.41) is 4.29. The minimum atomic E-state index is 0.307. The molecule has 0 amide bonds. The quantitative estimate of drug-likeness (QED) is 0.492. The lowest BCUT2D eigenvalue weighted by Crippen LogP contribution is -2.39. The number of rotatable bonds is 8. The van der Waals surface area contributed by atoms with Gasteiger partial charge in [0, 0.05) is 32.7 Å². The molecule has 31 heavy (non-hydrogen) atoms. The predicted molar refractivity (Wildman–Crippen MR) is 118 cm³/mol. The molecule has 0 aliphatic carbocycles. The van der Waals surface area contributed by atoms with E-state index in [-0.39, 0.29) is 0 Å². The Morgan fingerprint density at radius 1 is 1.06 bits per heavy atom. The van der Waals surface area contributed by atoms with Gasteiger partial charge in [-0.1, -0.05) is 12.1 Å². The molecule has 10 nitrogen and oxygen atoms in total. The van der Waals surface area contributed by atoms with Gasteiger partial charge in [-0.15, -0.1) is 0 Å². The van der Waals surface area contributed by atoms with Crippen molar-refractivity contribution in [3.05, 3.63) is 35.7 Å². The van der Waals surface area contributed by atoms with Crippen molar-refractivity contribution >= 4 is 17.9 Å². The number of benzene rings is 1. The van der Waals surface area contributed by atoms with Gasteiger partial charge in [0.2, 0.25) is 5.95 Å². The molecule has 0 spiro atoms. The average molecular weight is 428 g/mol. The van der Waals surface area contributed by atoms with Crippen molar-refractivity contribution in [1.29, 1.82) is 0 Å². The van der Waals surface area contributed by atoms with Crippen molar-refractivity contribution in [3.63, 3.8) is 0 Å². The highest BCUT2D eigenvalue weighted by Gasteiger charge is 2.17. The Morgan fingerprint density at radius 2 is 1.84 bits per heavy atom. The summed E-state index contributed by atoms with van der Waals surface area (Å²) in [6.07, 6.45) is 1.59. The average Bonchev–Trinajstić information content (AvgIpc) is 2.80. The highest BCUT2D eigenvalue weighted by Crippen LogP contribution is 2.14.